The van der Waals surface area contributed by atoms with Gasteiger partial charge in [-0.25, -0.2) is 22.8 Å². The molecular formula is C30H44N5O7S+. The molecule has 1 saturated heterocycles. The summed E-state index contributed by atoms with van der Waals surface area (Å²) in [7, 11) is -4.33. The van der Waals surface area contributed by atoms with Crippen LogP contribution < -0.4 is 16.8 Å². The van der Waals surface area contributed by atoms with Crippen LogP contribution in [0.3, 0.4) is 0 Å². The van der Waals surface area contributed by atoms with Crippen molar-refractivity contribution in [2.24, 2.45) is 11.5 Å². The Morgan fingerprint density at radius 2 is 1.74 bits per heavy atom. The molecule has 1 heterocycles. The fourth-order valence-corrected chi connectivity index (χ4v) is 7.27. The summed E-state index contributed by atoms with van der Waals surface area (Å²) in [6.07, 6.45) is 0.668. The van der Waals surface area contributed by atoms with Gasteiger partial charge in [0.25, 0.3) is 0 Å². The Bertz CT molecular complexity index is 1460. The first-order valence-electron chi connectivity index (χ1n) is 14.6. The number of rotatable bonds is 12. The molecule has 12 nitrogen and oxygen atoms in total. The minimum absolute atomic E-state index is 0.0324. The van der Waals surface area contributed by atoms with Crippen LogP contribution in [0.25, 0.3) is 10.8 Å². The predicted octanol–water partition coefficient (Wildman–Crippen LogP) is 3.37. The summed E-state index contributed by atoms with van der Waals surface area (Å²) in [5.41, 5.74) is 10.6. The van der Waals surface area contributed by atoms with Gasteiger partial charge >= 0.3 is 18.0 Å². The molecule has 0 spiro atoms. The number of nitrogens with one attached hydrogen (secondary N) is 1. The van der Waals surface area contributed by atoms with Gasteiger partial charge in [-0.05, 0) is 69.9 Å². The summed E-state index contributed by atoms with van der Waals surface area (Å²) in [6, 6.07) is 9.29. The van der Waals surface area contributed by atoms with E-state index in [0.29, 0.717) is 24.6 Å². The number of carbonyl (C=O) groups is 4. The zero-order valence-electron chi connectivity index (χ0n) is 25.4. The third-order valence-electron chi connectivity index (χ3n) is 7.77. The van der Waals surface area contributed by atoms with Crippen molar-refractivity contribution in [3.63, 3.8) is 0 Å². The van der Waals surface area contributed by atoms with Crippen LogP contribution in [0.15, 0.2) is 47.4 Å². The number of amides is 5. The highest BCUT2D eigenvalue weighted by atomic mass is 32.2. The summed E-state index contributed by atoms with van der Waals surface area (Å²) < 4.78 is 34.2. The zero-order valence-corrected chi connectivity index (χ0v) is 26.2. The van der Waals surface area contributed by atoms with Crippen LogP contribution in [0, 0.1) is 0 Å². The van der Waals surface area contributed by atoms with E-state index < -0.39 is 56.1 Å². The van der Waals surface area contributed by atoms with E-state index in [1.165, 1.54) is 12.1 Å². The fourth-order valence-electron chi connectivity index (χ4n) is 5.58. The molecule has 0 radical (unpaired) electrons. The van der Waals surface area contributed by atoms with Crippen LogP contribution in [0.2, 0.25) is 0 Å². The van der Waals surface area contributed by atoms with Gasteiger partial charge in [0, 0.05) is 32.4 Å². The highest BCUT2D eigenvalue weighted by molar-refractivity contribution is 7.89. The lowest BCUT2D eigenvalue weighted by Crippen LogP contribution is -2.67. The standard InChI is InChI=1S/C30H43N5O7S/c1-21-10-9-19-35(21,28(32)38)27(37)25(15-16-26(31)36)34(18-8-7-17-33-29(39)42-30(2,3)4)43(40,41)24-14-13-22-11-5-6-12-23(22)20-24/h5-6,11-14,20-21,25H,7-10,15-19H2,1-4H3,(H4-,31,32,33,36,38,39)/p+1/t21-,25-,35?/m1/s1. The quantitative estimate of drug-likeness (QED) is 0.241. The number of hydrogen-bond donors (Lipinski definition) is 3. The van der Waals surface area contributed by atoms with Crippen LogP contribution in [-0.2, 0) is 24.3 Å². The number of likely N-dealkylation sites (tertiary alicyclic amines) is 1. The number of sulfonamides is 1. The van der Waals surface area contributed by atoms with Gasteiger partial charge < -0.3 is 21.5 Å². The van der Waals surface area contributed by atoms with Crippen LogP contribution >= 0.6 is 0 Å². The molecule has 0 aromatic heterocycles. The van der Waals surface area contributed by atoms with E-state index in [9.17, 15) is 27.6 Å². The fraction of sp³-hybridized carbons (Fsp3) is 0.533. The maximum atomic E-state index is 14.3. The Kier molecular flexibility index (Phi) is 10.9. The lowest BCUT2D eigenvalue weighted by molar-refractivity contribution is -0.784. The van der Waals surface area contributed by atoms with Crippen molar-refractivity contribution in [3.8, 4) is 0 Å². The van der Waals surface area contributed by atoms with Crippen LogP contribution in [0.1, 0.15) is 66.2 Å². The van der Waals surface area contributed by atoms with Crippen LogP contribution in [0.4, 0.5) is 9.59 Å². The number of hydrogen-bond acceptors (Lipinski definition) is 7. The second-order valence-electron chi connectivity index (χ2n) is 12.0. The van der Waals surface area contributed by atoms with Crippen molar-refractivity contribution in [2.45, 2.75) is 88.8 Å². The minimum atomic E-state index is -4.33. The summed E-state index contributed by atoms with van der Waals surface area (Å²) in [5, 5.41) is 4.18. The average molecular weight is 619 g/mol. The highest BCUT2D eigenvalue weighted by Gasteiger charge is 2.55. The second kappa shape index (κ2) is 13.8. The Labute approximate surface area is 253 Å². The molecule has 3 rings (SSSR count). The van der Waals surface area contributed by atoms with Gasteiger partial charge in [-0.1, -0.05) is 30.3 Å². The topological polar surface area (TPSA) is 179 Å². The van der Waals surface area contributed by atoms with Crippen molar-refractivity contribution >= 4 is 44.7 Å². The number of benzene rings is 2. The van der Waals surface area contributed by atoms with Crippen molar-refractivity contribution in [1.82, 2.24) is 9.62 Å². The molecule has 3 atom stereocenters. The number of fused-ring (bicyclic) bond motifs is 1. The number of quaternary nitrogens is 1. The van der Waals surface area contributed by atoms with E-state index in [-0.39, 0.29) is 43.8 Å². The van der Waals surface area contributed by atoms with E-state index in [2.05, 4.69) is 5.32 Å². The molecule has 5 N–H and O–H groups in total. The van der Waals surface area contributed by atoms with Gasteiger partial charge in [-0.2, -0.15) is 8.79 Å². The molecule has 1 fully saturated rings. The number of urea groups is 1. The van der Waals surface area contributed by atoms with Crippen molar-refractivity contribution < 1.29 is 36.8 Å². The number of imide groups is 1. The number of nitrogens with two attached hydrogens (primary N) is 2. The molecule has 0 bridgehead atoms. The molecule has 1 aliphatic rings. The number of alkyl carbamates (subject to hydrolysis) is 1. The molecule has 5 amide bonds. The van der Waals surface area contributed by atoms with E-state index in [0.717, 1.165) is 9.69 Å². The van der Waals surface area contributed by atoms with E-state index >= 15 is 0 Å². The first-order chi connectivity index (χ1) is 20.1. The average Bonchev–Trinajstić information content (AvgIpc) is 3.32. The van der Waals surface area contributed by atoms with E-state index in [1.54, 1.807) is 45.9 Å². The van der Waals surface area contributed by atoms with Crippen molar-refractivity contribution in [3.05, 3.63) is 42.5 Å². The van der Waals surface area contributed by atoms with Gasteiger partial charge in [-0.3, -0.25) is 4.79 Å². The first kappa shape index (κ1) is 33.9. The molecule has 1 unspecified atom stereocenters. The molecule has 0 aliphatic carbocycles. The molecule has 236 valence electrons. The molecular weight excluding hydrogens is 574 g/mol. The number of unbranched alkanes of at least 4 members (excludes halogenated alkanes) is 1. The normalized spacial score (nSPS) is 19.7. The molecule has 2 aromatic carbocycles. The Morgan fingerprint density at radius 1 is 1.07 bits per heavy atom. The maximum Gasteiger partial charge on any atom is 0.421 e. The number of nitrogens with zero attached hydrogens (tertiary/aromatic N) is 2. The van der Waals surface area contributed by atoms with Gasteiger partial charge in [0.1, 0.15) is 17.7 Å². The summed E-state index contributed by atoms with van der Waals surface area (Å²) in [6.45, 7) is 7.21. The minimum Gasteiger partial charge on any atom is -0.444 e. The number of primary amides is 2. The molecule has 13 heteroatoms. The summed E-state index contributed by atoms with van der Waals surface area (Å²) in [4.78, 5) is 51.0. The Morgan fingerprint density at radius 3 is 2.33 bits per heavy atom. The molecule has 2 aromatic rings. The molecule has 0 saturated carbocycles. The maximum absolute atomic E-state index is 14.3. The van der Waals surface area contributed by atoms with Crippen LogP contribution in [0.5, 0.6) is 0 Å². The third-order valence-corrected chi connectivity index (χ3v) is 9.67. The Hall–Kier alpha value is -3.55. The van der Waals surface area contributed by atoms with Gasteiger partial charge in [0.2, 0.25) is 15.9 Å². The number of ether oxygens (including phenoxy) is 1. The third kappa shape index (κ3) is 8.09. The monoisotopic (exact) mass is 618 g/mol. The van der Waals surface area contributed by atoms with E-state index in [4.69, 9.17) is 16.2 Å². The lowest BCUT2D eigenvalue weighted by Gasteiger charge is -2.37. The van der Waals surface area contributed by atoms with Crippen molar-refractivity contribution in [1.29, 1.82) is 0 Å². The van der Waals surface area contributed by atoms with Crippen LogP contribution in [-0.4, -0.2) is 78.5 Å². The highest BCUT2D eigenvalue weighted by Crippen LogP contribution is 2.33. The first-order valence-corrected chi connectivity index (χ1v) is 16.0. The van der Waals surface area contributed by atoms with Crippen molar-refractivity contribution in [2.75, 3.05) is 19.6 Å². The summed E-state index contributed by atoms with van der Waals surface area (Å²) >= 11 is 0. The SMILES string of the molecule is C[C@@H]1CCC[N+]1(C(N)=O)C(=O)[C@@H](CCC(N)=O)N(CCCCNC(=O)OC(C)(C)C)S(=O)(=O)c1ccc2ccccc2c1. The molecule has 43 heavy (non-hydrogen) atoms. The number of carbonyl (C=O) groups excluding carboxylic acids is 4. The Balaban J connectivity index is 1.99. The second-order valence-corrected chi connectivity index (χ2v) is 13.9. The summed E-state index contributed by atoms with van der Waals surface area (Å²) in [5.74, 6) is -1.38. The van der Waals surface area contributed by atoms with Gasteiger partial charge in [-0.15, -0.1) is 0 Å². The largest absolute Gasteiger partial charge is 0.444 e. The lowest BCUT2D eigenvalue weighted by atomic mass is 10.1. The molecule has 1 aliphatic heterocycles. The van der Waals surface area contributed by atoms with Gasteiger partial charge in [0.05, 0.1) is 11.4 Å². The smallest absolute Gasteiger partial charge is 0.421 e. The zero-order chi connectivity index (χ0) is 32.0. The predicted molar refractivity (Wildman–Crippen MR) is 162 cm³/mol. The van der Waals surface area contributed by atoms with E-state index in [1.807, 2.05) is 12.1 Å². The van der Waals surface area contributed by atoms with Gasteiger partial charge in [0.15, 0.2) is 0 Å².